The molecule has 1 fully saturated rings. The molecule has 34 heavy (non-hydrogen) atoms. The van der Waals surface area contributed by atoms with Crippen LogP contribution in [-0.4, -0.2) is 125 Å². The van der Waals surface area contributed by atoms with E-state index in [0.717, 1.165) is 19.4 Å². The van der Waals surface area contributed by atoms with Crippen molar-refractivity contribution in [1.29, 1.82) is 0 Å². The first kappa shape index (κ1) is 31.6. The van der Waals surface area contributed by atoms with E-state index in [1.165, 1.54) is 6.42 Å². The molecule has 0 amide bonds. The Balaban J connectivity index is 1.62. The Morgan fingerprint density at radius 1 is 0.529 bits per heavy atom. The molecule has 1 aliphatic heterocycles. The standard InChI is InChI=1S/C24H48O10/c1-23(2)32-21-19-30-17-15-28-13-11-26-9-7-25-8-10-27-12-14-29-16-18-31-20-22-34-24-5-3-4-6-33-24/h23-24H,3-22H2,1-2H3. The molecule has 0 aromatic rings. The SMILES string of the molecule is CC(C)OCCOCCOCCOCCOCCOCCOCCOCCOC1CCCCO1. The molecule has 0 radical (unpaired) electrons. The van der Waals surface area contributed by atoms with E-state index in [0.29, 0.717) is 106 Å². The molecule has 0 aliphatic carbocycles. The second-order valence-corrected chi connectivity index (χ2v) is 7.87. The van der Waals surface area contributed by atoms with Crippen molar-refractivity contribution >= 4 is 0 Å². The lowest BCUT2D eigenvalue weighted by Gasteiger charge is -2.22. The fourth-order valence-electron chi connectivity index (χ4n) is 2.85. The van der Waals surface area contributed by atoms with Crippen LogP contribution >= 0.6 is 0 Å². The van der Waals surface area contributed by atoms with E-state index in [-0.39, 0.29) is 12.4 Å². The number of hydrogen-bond acceptors (Lipinski definition) is 10. The van der Waals surface area contributed by atoms with Crippen LogP contribution < -0.4 is 0 Å². The van der Waals surface area contributed by atoms with Gasteiger partial charge in [0.25, 0.3) is 0 Å². The Hall–Kier alpha value is -0.400. The van der Waals surface area contributed by atoms with Crippen LogP contribution in [0.2, 0.25) is 0 Å². The molecule has 1 saturated heterocycles. The molecule has 0 N–H and O–H groups in total. The average Bonchev–Trinajstić information content (AvgIpc) is 2.84. The van der Waals surface area contributed by atoms with Gasteiger partial charge in [-0.05, 0) is 33.1 Å². The van der Waals surface area contributed by atoms with Crippen LogP contribution in [0.25, 0.3) is 0 Å². The first-order chi connectivity index (χ1) is 16.8. The van der Waals surface area contributed by atoms with Crippen molar-refractivity contribution in [2.75, 3.05) is 112 Å². The Morgan fingerprint density at radius 3 is 1.26 bits per heavy atom. The lowest BCUT2D eigenvalue weighted by molar-refractivity contribution is -0.169. The third-order valence-corrected chi connectivity index (χ3v) is 4.58. The summed E-state index contributed by atoms with van der Waals surface area (Å²) in [5, 5.41) is 0. The lowest BCUT2D eigenvalue weighted by Crippen LogP contribution is -2.24. The maximum atomic E-state index is 5.59. The fourth-order valence-corrected chi connectivity index (χ4v) is 2.85. The van der Waals surface area contributed by atoms with Crippen molar-refractivity contribution in [1.82, 2.24) is 0 Å². The summed E-state index contributed by atoms with van der Waals surface area (Å²) in [7, 11) is 0. The van der Waals surface area contributed by atoms with Crippen molar-refractivity contribution in [3.63, 3.8) is 0 Å². The Labute approximate surface area is 205 Å². The number of hydrogen-bond donors (Lipinski definition) is 0. The molecule has 204 valence electrons. The van der Waals surface area contributed by atoms with E-state index in [1.807, 2.05) is 13.8 Å². The molecular formula is C24H48O10. The summed E-state index contributed by atoms with van der Waals surface area (Å²) in [6.07, 6.45) is 3.46. The second kappa shape index (κ2) is 25.7. The van der Waals surface area contributed by atoms with Crippen LogP contribution in [0.1, 0.15) is 33.1 Å². The van der Waals surface area contributed by atoms with Crippen molar-refractivity contribution < 1.29 is 47.4 Å². The first-order valence-electron chi connectivity index (χ1n) is 12.7. The molecule has 10 nitrogen and oxygen atoms in total. The minimum absolute atomic E-state index is 0.0570. The largest absolute Gasteiger partial charge is 0.377 e. The van der Waals surface area contributed by atoms with E-state index >= 15 is 0 Å². The summed E-state index contributed by atoms with van der Waals surface area (Å²) in [4.78, 5) is 0. The zero-order valence-electron chi connectivity index (χ0n) is 21.4. The van der Waals surface area contributed by atoms with Crippen LogP contribution in [0.5, 0.6) is 0 Å². The van der Waals surface area contributed by atoms with Gasteiger partial charge in [0.2, 0.25) is 0 Å². The highest BCUT2D eigenvalue weighted by Crippen LogP contribution is 2.13. The minimum Gasteiger partial charge on any atom is -0.377 e. The third kappa shape index (κ3) is 23.3. The molecule has 0 aromatic carbocycles. The van der Waals surface area contributed by atoms with Crippen LogP contribution in [0, 0.1) is 0 Å². The van der Waals surface area contributed by atoms with Crippen LogP contribution in [0.4, 0.5) is 0 Å². The van der Waals surface area contributed by atoms with E-state index in [1.54, 1.807) is 0 Å². The quantitative estimate of drug-likeness (QED) is 0.166. The lowest BCUT2D eigenvalue weighted by atomic mass is 10.2. The van der Waals surface area contributed by atoms with Gasteiger partial charge in [0.1, 0.15) is 0 Å². The van der Waals surface area contributed by atoms with E-state index in [4.69, 9.17) is 47.4 Å². The molecule has 0 spiro atoms. The monoisotopic (exact) mass is 496 g/mol. The molecular weight excluding hydrogens is 448 g/mol. The van der Waals surface area contributed by atoms with E-state index in [2.05, 4.69) is 0 Å². The van der Waals surface area contributed by atoms with Crippen LogP contribution in [0.3, 0.4) is 0 Å². The highest BCUT2D eigenvalue weighted by Gasteiger charge is 2.13. The van der Waals surface area contributed by atoms with Gasteiger partial charge in [-0.15, -0.1) is 0 Å². The van der Waals surface area contributed by atoms with E-state index in [9.17, 15) is 0 Å². The van der Waals surface area contributed by atoms with Gasteiger partial charge in [-0.25, -0.2) is 0 Å². The smallest absolute Gasteiger partial charge is 0.157 e. The topological polar surface area (TPSA) is 92.3 Å². The highest BCUT2D eigenvalue weighted by atomic mass is 16.7. The zero-order chi connectivity index (χ0) is 24.4. The summed E-state index contributed by atoms with van der Waals surface area (Å²) in [5.41, 5.74) is 0. The number of ether oxygens (including phenoxy) is 10. The summed E-state index contributed by atoms with van der Waals surface area (Å²) in [5.74, 6) is 0. The predicted molar refractivity (Wildman–Crippen MR) is 126 cm³/mol. The molecule has 1 aliphatic rings. The van der Waals surface area contributed by atoms with Gasteiger partial charge < -0.3 is 47.4 Å². The summed E-state index contributed by atoms with van der Waals surface area (Å²) in [6.45, 7) is 13.6. The third-order valence-electron chi connectivity index (χ3n) is 4.58. The predicted octanol–water partition coefficient (Wildman–Crippen LogP) is 2.07. The van der Waals surface area contributed by atoms with Crippen LogP contribution in [0.15, 0.2) is 0 Å². The molecule has 0 saturated carbocycles. The van der Waals surface area contributed by atoms with Gasteiger partial charge in [-0.1, -0.05) is 0 Å². The molecule has 10 heteroatoms. The first-order valence-corrected chi connectivity index (χ1v) is 12.7. The van der Waals surface area contributed by atoms with Gasteiger partial charge in [-0.3, -0.25) is 0 Å². The summed E-state index contributed by atoms with van der Waals surface area (Å²) >= 11 is 0. The molecule has 1 atom stereocenters. The summed E-state index contributed by atoms with van der Waals surface area (Å²) in [6, 6.07) is 0. The zero-order valence-corrected chi connectivity index (χ0v) is 21.4. The molecule has 1 rings (SSSR count). The Kier molecular flexibility index (Phi) is 23.9. The van der Waals surface area contributed by atoms with Crippen molar-refractivity contribution in [2.24, 2.45) is 0 Å². The summed E-state index contributed by atoms with van der Waals surface area (Å²) < 4.78 is 54.6. The average molecular weight is 497 g/mol. The maximum Gasteiger partial charge on any atom is 0.157 e. The van der Waals surface area contributed by atoms with E-state index < -0.39 is 0 Å². The Morgan fingerprint density at radius 2 is 0.912 bits per heavy atom. The van der Waals surface area contributed by atoms with Crippen molar-refractivity contribution in [3.8, 4) is 0 Å². The normalized spacial score (nSPS) is 16.5. The van der Waals surface area contributed by atoms with Crippen molar-refractivity contribution in [3.05, 3.63) is 0 Å². The molecule has 0 aromatic heterocycles. The van der Waals surface area contributed by atoms with Gasteiger partial charge in [0.05, 0.1) is 112 Å². The van der Waals surface area contributed by atoms with Gasteiger partial charge in [0, 0.05) is 6.61 Å². The Bertz CT molecular complexity index is 394. The minimum atomic E-state index is -0.0570. The number of rotatable bonds is 26. The molecule has 0 bridgehead atoms. The maximum absolute atomic E-state index is 5.59. The van der Waals surface area contributed by atoms with Crippen molar-refractivity contribution in [2.45, 2.75) is 45.5 Å². The second-order valence-electron chi connectivity index (χ2n) is 7.87. The fraction of sp³-hybridized carbons (Fsp3) is 1.00. The van der Waals surface area contributed by atoms with Gasteiger partial charge in [0.15, 0.2) is 6.29 Å². The van der Waals surface area contributed by atoms with Crippen LogP contribution in [-0.2, 0) is 47.4 Å². The molecule has 1 unspecified atom stereocenters. The highest BCUT2D eigenvalue weighted by molar-refractivity contribution is 4.53. The molecule has 1 heterocycles. The van der Waals surface area contributed by atoms with Gasteiger partial charge >= 0.3 is 0 Å². The van der Waals surface area contributed by atoms with Gasteiger partial charge in [-0.2, -0.15) is 0 Å².